The monoisotopic (exact) mass is 366 g/mol. The number of ether oxygens (including phenoxy) is 1. The highest BCUT2D eigenvalue weighted by molar-refractivity contribution is 6.03. The molecular formula is C22H26N2O3. The van der Waals surface area contributed by atoms with Crippen LogP contribution >= 0.6 is 0 Å². The van der Waals surface area contributed by atoms with E-state index in [0.717, 1.165) is 23.4 Å². The summed E-state index contributed by atoms with van der Waals surface area (Å²) in [6, 6.07) is 15.2. The second kappa shape index (κ2) is 8.25. The minimum Gasteiger partial charge on any atom is -0.497 e. The topological polar surface area (TPSA) is 58.6 Å². The van der Waals surface area contributed by atoms with Crippen LogP contribution in [0.2, 0.25) is 0 Å². The molecule has 0 unspecified atom stereocenters. The highest BCUT2D eigenvalue weighted by Gasteiger charge is 2.36. The smallest absolute Gasteiger partial charge is 0.229 e. The Balaban J connectivity index is 1.72. The van der Waals surface area contributed by atoms with Crippen LogP contribution in [0.3, 0.4) is 0 Å². The van der Waals surface area contributed by atoms with Crippen molar-refractivity contribution >= 4 is 23.2 Å². The van der Waals surface area contributed by atoms with Gasteiger partial charge in [0.25, 0.3) is 0 Å². The minimum atomic E-state index is -0.357. The Bertz CT molecular complexity index is 817. The van der Waals surface area contributed by atoms with Crippen molar-refractivity contribution in [2.75, 3.05) is 23.9 Å². The van der Waals surface area contributed by atoms with Gasteiger partial charge in [-0.25, -0.2) is 0 Å². The van der Waals surface area contributed by atoms with Crippen molar-refractivity contribution in [3.8, 4) is 5.75 Å². The predicted octanol–water partition coefficient (Wildman–Crippen LogP) is 4.20. The van der Waals surface area contributed by atoms with Gasteiger partial charge < -0.3 is 15.0 Å². The molecular weight excluding hydrogens is 340 g/mol. The second-order valence-electron chi connectivity index (χ2n) is 6.99. The second-order valence-corrected chi connectivity index (χ2v) is 6.99. The largest absolute Gasteiger partial charge is 0.497 e. The van der Waals surface area contributed by atoms with Gasteiger partial charge in [0.15, 0.2) is 0 Å². The van der Waals surface area contributed by atoms with Gasteiger partial charge in [-0.2, -0.15) is 0 Å². The number of carbonyl (C=O) groups is 2. The Morgan fingerprint density at radius 1 is 1.22 bits per heavy atom. The molecule has 0 aromatic heterocycles. The first-order valence-corrected chi connectivity index (χ1v) is 9.37. The number of carbonyl (C=O) groups excluding carboxylic acids is 2. The third-order valence-corrected chi connectivity index (χ3v) is 5.22. The van der Waals surface area contributed by atoms with Crippen LogP contribution in [0.1, 0.15) is 38.2 Å². The molecule has 0 aliphatic carbocycles. The first kappa shape index (κ1) is 19.0. The van der Waals surface area contributed by atoms with Gasteiger partial charge in [-0.1, -0.05) is 32.0 Å². The maximum atomic E-state index is 12.6. The van der Waals surface area contributed by atoms with Gasteiger partial charge in [0.2, 0.25) is 11.8 Å². The molecule has 5 nitrogen and oxygen atoms in total. The molecule has 1 aliphatic rings. The third-order valence-electron chi connectivity index (χ3n) is 5.22. The molecule has 1 aliphatic heterocycles. The normalized spacial score (nSPS) is 17.7. The number of nitrogens with one attached hydrogen (secondary N) is 1. The summed E-state index contributed by atoms with van der Waals surface area (Å²) in [6.07, 6.45) is 1.23. The van der Waals surface area contributed by atoms with Crippen LogP contribution in [0.4, 0.5) is 11.4 Å². The average molecular weight is 366 g/mol. The zero-order chi connectivity index (χ0) is 19.4. The number of anilines is 2. The van der Waals surface area contributed by atoms with Gasteiger partial charge in [-0.05, 0) is 48.2 Å². The molecule has 3 rings (SSSR count). The highest BCUT2D eigenvalue weighted by atomic mass is 16.5. The molecule has 2 aromatic rings. The average Bonchev–Trinajstić information content (AvgIpc) is 3.09. The van der Waals surface area contributed by atoms with E-state index in [1.165, 1.54) is 0 Å². The van der Waals surface area contributed by atoms with Gasteiger partial charge in [-0.3, -0.25) is 9.59 Å². The Morgan fingerprint density at radius 3 is 2.59 bits per heavy atom. The summed E-state index contributed by atoms with van der Waals surface area (Å²) in [5.41, 5.74) is 2.79. The third kappa shape index (κ3) is 4.13. The van der Waals surface area contributed by atoms with E-state index in [4.69, 9.17) is 4.74 Å². The van der Waals surface area contributed by atoms with Crippen molar-refractivity contribution in [2.45, 2.75) is 32.6 Å². The molecule has 1 fully saturated rings. The van der Waals surface area contributed by atoms with Crippen molar-refractivity contribution < 1.29 is 14.3 Å². The molecule has 1 saturated heterocycles. The minimum absolute atomic E-state index is 0.000587. The number of methoxy groups -OCH3 is 1. The molecule has 0 radical (unpaired) electrons. The van der Waals surface area contributed by atoms with E-state index in [0.29, 0.717) is 18.2 Å². The van der Waals surface area contributed by atoms with Gasteiger partial charge in [0, 0.05) is 24.3 Å². The first-order valence-electron chi connectivity index (χ1n) is 9.37. The summed E-state index contributed by atoms with van der Waals surface area (Å²) < 4.78 is 5.13. The standard InChI is InChI=1S/C22H26N2O3/c1-4-15(2)19-7-5-6-8-20(19)24-14-16(13-21(24)25)22(26)23-17-9-11-18(27-3)12-10-17/h5-12,15-16H,4,13-14H2,1-3H3,(H,23,26)/t15-,16-/m0/s1. The molecule has 0 saturated carbocycles. The summed E-state index contributed by atoms with van der Waals surface area (Å²) in [5, 5.41) is 2.90. The van der Waals surface area contributed by atoms with E-state index in [1.54, 1.807) is 36.3 Å². The molecule has 1 heterocycles. The lowest BCUT2D eigenvalue weighted by Crippen LogP contribution is -2.29. The SMILES string of the molecule is CC[C@H](C)c1ccccc1N1C[C@@H](C(=O)Nc2ccc(OC)cc2)CC1=O. The van der Waals surface area contributed by atoms with E-state index in [9.17, 15) is 9.59 Å². The number of amides is 2. The summed E-state index contributed by atoms with van der Waals surface area (Å²) in [6.45, 7) is 4.71. The maximum absolute atomic E-state index is 12.6. The highest BCUT2D eigenvalue weighted by Crippen LogP contribution is 2.33. The van der Waals surface area contributed by atoms with Crippen molar-refractivity contribution in [3.63, 3.8) is 0 Å². The van der Waals surface area contributed by atoms with Crippen LogP contribution < -0.4 is 15.0 Å². The van der Waals surface area contributed by atoms with E-state index in [2.05, 4.69) is 25.2 Å². The molecule has 142 valence electrons. The molecule has 5 heteroatoms. The zero-order valence-electron chi connectivity index (χ0n) is 16.1. The zero-order valence-corrected chi connectivity index (χ0v) is 16.1. The van der Waals surface area contributed by atoms with Crippen LogP contribution in [-0.4, -0.2) is 25.5 Å². The van der Waals surface area contributed by atoms with Crippen LogP contribution in [-0.2, 0) is 9.59 Å². The Labute approximate surface area is 160 Å². The van der Waals surface area contributed by atoms with E-state index in [1.807, 2.05) is 18.2 Å². The van der Waals surface area contributed by atoms with Crippen LogP contribution in [0, 0.1) is 5.92 Å². The molecule has 2 atom stereocenters. The number of hydrogen-bond donors (Lipinski definition) is 1. The molecule has 2 amide bonds. The first-order chi connectivity index (χ1) is 13.0. The predicted molar refractivity (Wildman–Crippen MR) is 107 cm³/mol. The van der Waals surface area contributed by atoms with Crippen LogP contribution in [0.25, 0.3) is 0 Å². The van der Waals surface area contributed by atoms with Crippen molar-refractivity contribution in [2.24, 2.45) is 5.92 Å². The number of hydrogen-bond acceptors (Lipinski definition) is 3. The van der Waals surface area contributed by atoms with Gasteiger partial charge in [0.1, 0.15) is 5.75 Å². The molecule has 0 spiro atoms. The number of para-hydroxylation sites is 1. The quantitative estimate of drug-likeness (QED) is 0.833. The molecule has 0 bridgehead atoms. The van der Waals surface area contributed by atoms with Crippen LogP contribution in [0.5, 0.6) is 5.75 Å². The lowest BCUT2D eigenvalue weighted by atomic mass is 9.96. The fraction of sp³-hybridized carbons (Fsp3) is 0.364. The summed E-state index contributed by atoms with van der Waals surface area (Å²) in [5.74, 6) is 0.611. The Morgan fingerprint density at radius 2 is 1.93 bits per heavy atom. The van der Waals surface area contributed by atoms with E-state index >= 15 is 0 Å². The molecule has 1 N–H and O–H groups in total. The molecule has 2 aromatic carbocycles. The molecule has 27 heavy (non-hydrogen) atoms. The number of benzene rings is 2. The Hall–Kier alpha value is -2.82. The van der Waals surface area contributed by atoms with Gasteiger partial charge in [-0.15, -0.1) is 0 Å². The maximum Gasteiger partial charge on any atom is 0.229 e. The summed E-state index contributed by atoms with van der Waals surface area (Å²) >= 11 is 0. The summed E-state index contributed by atoms with van der Waals surface area (Å²) in [7, 11) is 1.60. The fourth-order valence-corrected chi connectivity index (χ4v) is 3.40. The summed E-state index contributed by atoms with van der Waals surface area (Å²) in [4.78, 5) is 27.0. The van der Waals surface area contributed by atoms with Crippen molar-refractivity contribution in [1.82, 2.24) is 0 Å². The Kier molecular flexibility index (Phi) is 5.79. The van der Waals surface area contributed by atoms with E-state index in [-0.39, 0.29) is 24.2 Å². The van der Waals surface area contributed by atoms with Crippen molar-refractivity contribution in [3.05, 3.63) is 54.1 Å². The number of rotatable bonds is 6. The van der Waals surface area contributed by atoms with Gasteiger partial charge in [0.05, 0.1) is 13.0 Å². The lowest BCUT2D eigenvalue weighted by molar-refractivity contribution is -0.122. The van der Waals surface area contributed by atoms with Crippen molar-refractivity contribution in [1.29, 1.82) is 0 Å². The fourth-order valence-electron chi connectivity index (χ4n) is 3.40. The number of nitrogens with zero attached hydrogens (tertiary/aromatic N) is 1. The van der Waals surface area contributed by atoms with Gasteiger partial charge >= 0.3 is 0 Å². The van der Waals surface area contributed by atoms with Crippen LogP contribution in [0.15, 0.2) is 48.5 Å². The lowest BCUT2D eigenvalue weighted by Gasteiger charge is -2.23. The van der Waals surface area contributed by atoms with E-state index < -0.39 is 0 Å².